The predicted molar refractivity (Wildman–Crippen MR) is 63.4 cm³/mol. The van der Waals surface area contributed by atoms with Crippen LogP contribution in [0.5, 0.6) is 0 Å². The van der Waals surface area contributed by atoms with Crippen LogP contribution in [0.25, 0.3) is 0 Å². The van der Waals surface area contributed by atoms with Gasteiger partial charge >= 0.3 is 0 Å². The largest absolute Gasteiger partial charge is 0.443 e. The fourth-order valence-electron chi connectivity index (χ4n) is 1.68. The van der Waals surface area contributed by atoms with Gasteiger partial charge in [0.1, 0.15) is 0 Å². The van der Waals surface area contributed by atoms with Crippen LogP contribution in [0.2, 0.25) is 0 Å². The molecule has 0 radical (unpaired) electrons. The third kappa shape index (κ3) is 2.87. The molecule has 1 saturated heterocycles. The SMILES string of the molecule is NCC#Cc1ccc(C(=O)N2CCNCC2)o1. The van der Waals surface area contributed by atoms with Crippen molar-refractivity contribution in [2.24, 2.45) is 5.73 Å². The van der Waals surface area contributed by atoms with Crippen molar-refractivity contribution in [3.63, 3.8) is 0 Å². The molecule has 90 valence electrons. The first-order valence-corrected chi connectivity index (χ1v) is 5.60. The molecular formula is C12H15N3O2. The van der Waals surface area contributed by atoms with Crippen LogP contribution in [-0.2, 0) is 0 Å². The summed E-state index contributed by atoms with van der Waals surface area (Å²) in [6.07, 6.45) is 0. The van der Waals surface area contributed by atoms with Gasteiger partial charge in [-0.05, 0) is 18.1 Å². The van der Waals surface area contributed by atoms with Gasteiger partial charge in [-0.15, -0.1) is 0 Å². The summed E-state index contributed by atoms with van der Waals surface area (Å²) in [5, 5.41) is 3.19. The number of nitrogens with one attached hydrogen (secondary N) is 1. The van der Waals surface area contributed by atoms with E-state index in [0.29, 0.717) is 24.6 Å². The average molecular weight is 233 g/mol. The molecular weight excluding hydrogens is 218 g/mol. The Balaban J connectivity index is 2.06. The van der Waals surface area contributed by atoms with Crippen LogP contribution in [0.1, 0.15) is 16.3 Å². The van der Waals surface area contributed by atoms with Gasteiger partial charge in [-0.25, -0.2) is 0 Å². The van der Waals surface area contributed by atoms with Gasteiger partial charge in [0, 0.05) is 26.2 Å². The molecule has 0 unspecified atom stereocenters. The lowest BCUT2D eigenvalue weighted by Gasteiger charge is -2.26. The topological polar surface area (TPSA) is 71.5 Å². The zero-order chi connectivity index (χ0) is 12.1. The standard InChI is InChI=1S/C12H15N3O2/c13-5-1-2-10-3-4-11(17-10)12(16)15-8-6-14-7-9-15/h3-4,14H,5-9,13H2. The number of carbonyl (C=O) groups excluding carboxylic acids is 1. The second-order valence-corrected chi connectivity index (χ2v) is 3.71. The quantitative estimate of drug-likeness (QED) is 0.650. The maximum Gasteiger partial charge on any atom is 0.289 e. The first-order chi connectivity index (χ1) is 8.31. The molecule has 17 heavy (non-hydrogen) atoms. The molecule has 0 bridgehead atoms. The molecule has 0 saturated carbocycles. The summed E-state index contributed by atoms with van der Waals surface area (Å²) in [4.78, 5) is 13.8. The number of nitrogens with zero attached hydrogens (tertiary/aromatic N) is 1. The van der Waals surface area contributed by atoms with E-state index in [9.17, 15) is 4.79 Å². The lowest BCUT2D eigenvalue weighted by molar-refractivity contribution is 0.0703. The van der Waals surface area contributed by atoms with Crippen LogP contribution < -0.4 is 11.1 Å². The molecule has 3 N–H and O–H groups in total. The number of nitrogens with two attached hydrogens (primary N) is 1. The highest BCUT2D eigenvalue weighted by Gasteiger charge is 2.20. The van der Waals surface area contributed by atoms with Crippen LogP contribution in [0, 0.1) is 11.8 Å². The molecule has 1 aliphatic rings. The van der Waals surface area contributed by atoms with Gasteiger partial charge in [0.15, 0.2) is 11.5 Å². The first kappa shape index (κ1) is 11.7. The maximum absolute atomic E-state index is 12.0. The van der Waals surface area contributed by atoms with Crippen LogP contribution in [-0.4, -0.2) is 43.5 Å². The van der Waals surface area contributed by atoms with E-state index in [1.807, 2.05) is 0 Å². The van der Waals surface area contributed by atoms with Crippen molar-refractivity contribution in [1.82, 2.24) is 10.2 Å². The molecule has 5 nitrogen and oxygen atoms in total. The summed E-state index contributed by atoms with van der Waals surface area (Å²) in [5.74, 6) is 6.19. The summed E-state index contributed by atoms with van der Waals surface area (Å²) in [5.41, 5.74) is 5.26. The summed E-state index contributed by atoms with van der Waals surface area (Å²) in [6, 6.07) is 3.35. The molecule has 1 fully saturated rings. The van der Waals surface area contributed by atoms with Crippen molar-refractivity contribution >= 4 is 5.91 Å². The number of piperazine rings is 1. The minimum absolute atomic E-state index is 0.0766. The Morgan fingerprint density at radius 2 is 2.24 bits per heavy atom. The highest BCUT2D eigenvalue weighted by molar-refractivity contribution is 5.91. The van der Waals surface area contributed by atoms with E-state index in [1.54, 1.807) is 17.0 Å². The summed E-state index contributed by atoms with van der Waals surface area (Å²) < 4.78 is 5.36. The van der Waals surface area contributed by atoms with E-state index in [2.05, 4.69) is 17.2 Å². The number of amides is 1. The molecule has 1 amide bonds. The summed E-state index contributed by atoms with van der Waals surface area (Å²) >= 11 is 0. The van der Waals surface area contributed by atoms with Crippen LogP contribution in [0.4, 0.5) is 0 Å². The van der Waals surface area contributed by atoms with Gasteiger partial charge in [0.2, 0.25) is 0 Å². The van der Waals surface area contributed by atoms with Crippen molar-refractivity contribution in [2.45, 2.75) is 0 Å². The molecule has 0 spiro atoms. The predicted octanol–water partition coefficient (Wildman–Crippen LogP) is -0.365. The number of furan rings is 1. The Morgan fingerprint density at radius 3 is 2.94 bits per heavy atom. The van der Waals surface area contributed by atoms with E-state index < -0.39 is 0 Å². The third-order valence-corrected chi connectivity index (χ3v) is 2.53. The van der Waals surface area contributed by atoms with Crippen molar-refractivity contribution in [1.29, 1.82) is 0 Å². The molecule has 0 aliphatic carbocycles. The Kier molecular flexibility index (Phi) is 3.81. The van der Waals surface area contributed by atoms with Gasteiger partial charge in [0.05, 0.1) is 6.54 Å². The molecule has 1 aliphatic heterocycles. The minimum Gasteiger partial charge on any atom is -0.443 e. The lowest BCUT2D eigenvalue weighted by atomic mass is 10.3. The second-order valence-electron chi connectivity index (χ2n) is 3.71. The van der Waals surface area contributed by atoms with Crippen molar-refractivity contribution in [3.8, 4) is 11.8 Å². The van der Waals surface area contributed by atoms with Gasteiger partial charge in [-0.3, -0.25) is 4.79 Å². The fraction of sp³-hybridized carbons (Fsp3) is 0.417. The Labute approximate surface area is 99.9 Å². The normalized spacial score (nSPS) is 15.2. The summed E-state index contributed by atoms with van der Waals surface area (Å²) in [6.45, 7) is 3.35. The van der Waals surface area contributed by atoms with E-state index in [4.69, 9.17) is 10.2 Å². The second kappa shape index (κ2) is 5.53. The molecule has 0 atom stereocenters. The van der Waals surface area contributed by atoms with Crippen LogP contribution >= 0.6 is 0 Å². The van der Waals surface area contributed by atoms with Crippen LogP contribution in [0.3, 0.4) is 0 Å². The van der Waals surface area contributed by atoms with E-state index in [1.165, 1.54) is 0 Å². The van der Waals surface area contributed by atoms with Crippen molar-refractivity contribution in [3.05, 3.63) is 23.7 Å². The monoisotopic (exact) mass is 233 g/mol. The molecule has 5 heteroatoms. The van der Waals surface area contributed by atoms with E-state index in [0.717, 1.165) is 13.1 Å². The maximum atomic E-state index is 12.0. The summed E-state index contributed by atoms with van der Waals surface area (Å²) in [7, 11) is 0. The van der Waals surface area contributed by atoms with Crippen molar-refractivity contribution in [2.75, 3.05) is 32.7 Å². The van der Waals surface area contributed by atoms with E-state index >= 15 is 0 Å². The Hall–Kier alpha value is -1.77. The Morgan fingerprint density at radius 1 is 1.47 bits per heavy atom. The first-order valence-electron chi connectivity index (χ1n) is 5.60. The molecule has 0 aromatic carbocycles. The molecule has 2 rings (SSSR count). The molecule has 2 heterocycles. The third-order valence-electron chi connectivity index (χ3n) is 2.53. The minimum atomic E-state index is -0.0766. The molecule has 1 aromatic rings. The highest BCUT2D eigenvalue weighted by atomic mass is 16.3. The smallest absolute Gasteiger partial charge is 0.289 e. The fourth-order valence-corrected chi connectivity index (χ4v) is 1.68. The average Bonchev–Trinajstić information content (AvgIpc) is 2.85. The number of hydrogen-bond acceptors (Lipinski definition) is 4. The van der Waals surface area contributed by atoms with Crippen molar-refractivity contribution < 1.29 is 9.21 Å². The van der Waals surface area contributed by atoms with E-state index in [-0.39, 0.29) is 12.5 Å². The lowest BCUT2D eigenvalue weighted by Crippen LogP contribution is -2.46. The van der Waals surface area contributed by atoms with Gasteiger partial charge in [-0.1, -0.05) is 5.92 Å². The van der Waals surface area contributed by atoms with Crippen LogP contribution in [0.15, 0.2) is 16.5 Å². The van der Waals surface area contributed by atoms with Gasteiger partial charge in [0.25, 0.3) is 5.91 Å². The number of carbonyl (C=O) groups is 1. The molecule has 1 aromatic heterocycles. The Bertz CT molecular complexity index is 450. The highest BCUT2D eigenvalue weighted by Crippen LogP contribution is 2.10. The zero-order valence-electron chi connectivity index (χ0n) is 9.53. The number of hydrogen-bond donors (Lipinski definition) is 2. The zero-order valence-corrected chi connectivity index (χ0v) is 9.53. The number of rotatable bonds is 1. The van der Waals surface area contributed by atoms with Gasteiger partial charge < -0.3 is 20.4 Å². The van der Waals surface area contributed by atoms with Gasteiger partial charge in [-0.2, -0.15) is 0 Å².